The molecule has 1 saturated carbocycles. The van der Waals surface area contributed by atoms with E-state index in [1.54, 1.807) is 0 Å². The van der Waals surface area contributed by atoms with E-state index in [-0.39, 0.29) is 17.5 Å². The minimum absolute atomic E-state index is 0.0339. The van der Waals surface area contributed by atoms with Gasteiger partial charge in [0.2, 0.25) is 5.91 Å². The van der Waals surface area contributed by atoms with Crippen LogP contribution >= 0.6 is 0 Å². The fourth-order valence-electron chi connectivity index (χ4n) is 3.79. The molecule has 2 aliphatic rings. The molecule has 1 amide bonds. The Labute approximate surface area is 123 Å². The van der Waals surface area contributed by atoms with Crippen LogP contribution in [0.1, 0.15) is 52.9 Å². The average molecular weight is 278 g/mol. The first-order valence-electron chi connectivity index (χ1n) is 8.07. The zero-order chi connectivity index (χ0) is 14.8. The number of nitrogens with zero attached hydrogens (tertiary/aromatic N) is 1. The Morgan fingerprint density at radius 1 is 1.30 bits per heavy atom. The van der Waals surface area contributed by atoms with Crippen molar-refractivity contribution in [3.05, 3.63) is 12.7 Å². The first kappa shape index (κ1) is 15.6. The van der Waals surface area contributed by atoms with Crippen molar-refractivity contribution in [3.63, 3.8) is 0 Å². The van der Waals surface area contributed by atoms with Crippen LogP contribution in [-0.4, -0.2) is 35.5 Å². The second-order valence-electron chi connectivity index (χ2n) is 7.54. The SMILES string of the molecule is C=CCN1C[C@H]2CCCC[C@H]2C[C@H]1C(=O)NC(C)(C)C. The van der Waals surface area contributed by atoms with Crippen LogP contribution in [0.2, 0.25) is 0 Å². The van der Waals surface area contributed by atoms with Crippen LogP contribution in [0.4, 0.5) is 0 Å². The average Bonchev–Trinajstić information content (AvgIpc) is 2.36. The van der Waals surface area contributed by atoms with Gasteiger partial charge in [0, 0.05) is 18.6 Å². The highest BCUT2D eigenvalue weighted by Gasteiger charge is 2.39. The summed E-state index contributed by atoms with van der Waals surface area (Å²) in [5.74, 6) is 1.74. The number of amides is 1. The molecule has 114 valence electrons. The van der Waals surface area contributed by atoms with Crippen molar-refractivity contribution >= 4 is 5.91 Å². The molecule has 0 radical (unpaired) electrons. The third-order valence-corrected chi connectivity index (χ3v) is 4.67. The van der Waals surface area contributed by atoms with Crippen LogP contribution < -0.4 is 5.32 Å². The van der Waals surface area contributed by atoms with E-state index in [1.165, 1.54) is 25.7 Å². The second-order valence-corrected chi connectivity index (χ2v) is 7.54. The molecule has 1 N–H and O–H groups in total. The predicted octanol–water partition coefficient (Wildman–Crippen LogP) is 2.97. The molecule has 0 spiro atoms. The fourth-order valence-corrected chi connectivity index (χ4v) is 3.79. The Hall–Kier alpha value is -0.830. The van der Waals surface area contributed by atoms with Crippen molar-refractivity contribution in [2.45, 2.75) is 64.5 Å². The number of nitrogens with one attached hydrogen (secondary N) is 1. The van der Waals surface area contributed by atoms with Crippen LogP contribution in [0.25, 0.3) is 0 Å². The van der Waals surface area contributed by atoms with Crippen molar-refractivity contribution in [2.24, 2.45) is 11.8 Å². The number of piperidine rings is 1. The van der Waals surface area contributed by atoms with E-state index >= 15 is 0 Å². The number of hydrogen-bond donors (Lipinski definition) is 1. The third-order valence-electron chi connectivity index (χ3n) is 4.67. The lowest BCUT2D eigenvalue weighted by molar-refractivity contribution is -0.131. The van der Waals surface area contributed by atoms with Gasteiger partial charge in [-0.1, -0.05) is 25.3 Å². The van der Waals surface area contributed by atoms with Gasteiger partial charge in [0.1, 0.15) is 0 Å². The summed E-state index contributed by atoms with van der Waals surface area (Å²) in [6, 6.07) is 0.0339. The predicted molar refractivity (Wildman–Crippen MR) is 83.5 cm³/mol. The maximum atomic E-state index is 12.6. The van der Waals surface area contributed by atoms with Gasteiger partial charge in [-0.15, -0.1) is 6.58 Å². The van der Waals surface area contributed by atoms with Crippen LogP contribution in [0.3, 0.4) is 0 Å². The van der Waals surface area contributed by atoms with Gasteiger partial charge in [0.05, 0.1) is 6.04 Å². The highest BCUT2D eigenvalue weighted by Crippen LogP contribution is 2.38. The van der Waals surface area contributed by atoms with E-state index in [1.807, 2.05) is 6.08 Å². The Kier molecular flexibility index (Phi) is 4.90. The molecule has 1 aliphatic carbocycles. The quantitative estimate of drug-likeness (QED) is 0.805. The van der Waals surface area contributed by atoms with Gasteiger partial charge in [-0.2, -0.15) is 0 Å². The van der Waals surface area contributed by atoms with E-state index in [4.69, 9.17) is 0 Å². The normalized spacial score (nSPS) is 31.4. The molecule has 3 nitrogen and oxygen atoms in total. The highest BCUT2D eigenvalue weighted by atomic mass is 16.2. The molecule has 1 aliphatic heterocycles. The van der Waals surface area contributed by atoms with Crippen LogP contribution in [0, 0.1) is 11.8 Å². The molecule has 0 aromatic carbocycles. The van der Waals surface area contributed by atoms with E-state index in [0.29, 0.717) is 0 Å². The first-order valence-corrected chi connectivity index (χ1v) is 8.07. The molecule has 1 heterocycles. The van der Waals surface area contributed by atoms with Gasteiger partial charge < -0.3 is 5.32 Å². The number of rotatable bonds is 3. The molecule has 0 unspecified atom stereocenters. The van der Waals surface area contributed by atoms with Gasteiger partial charge in [-0.3, -0.25) is 9.69 Å². The molecule has 2 fully saturated rings. The molecule has 3 heteroatoms. The minimum atomic E-state index is -0.152. The molecule has 0 aromatic rings. The monoisotopic (exact) mass is 278 g/mol. The molecule has 1 saturated heterocycles. The number of carbonyl (C=O) groups excluding carboxylic acids is 1. The summed E-state index contributed by atoms with van der Waals surface area (Å²) < 4.78 is 0. The maximum absolute atomic E-state index is 12.6. The molecular formula is C17H30N2O. The van der Waals surface area contributed by atoms with Gasteiger partial charge >= 0.3 is 0 Å². The lowest BCUT2D eigenvalue weighted by Crippen LogP contribution is -2.57. The molecule has 3 atom stereocenters. The number of carbonyl (C=O) groups is 1. The van der Waals surface area contributed by atoms with Crippen molar-refractivity contribution in [1.82, 2.24) is 10.2 Å². The lowest BCUT2D eigenvalue weighted by atomic mass is 9.72. The standard InChI is InChI=1S/C17H30N2O/c1-5-10-19-12-14-9-7-6-8-13(14)11-15(19)16(20)18-17(2,3)4/h5,13-15H,1,6-12H2,2-4H3,(H,18,20)/t13-,14+,15-/m0/s1. The molecule has 20 heavy (non-hydrogen) atoms. The van der Waals surface area contributed by atoms with E-state index in [0.717, 1.165) is 31.3 Å². The first-order chi connectivity index (χ1) is 9.40. The summed E-state index contributed by atoms with van der Waals surface area (Å²) in [5.41, 5.74) is -0.152. The molecule has 0 bridgehead atoms. The summed E-state index contributed by atoms with van der Waals surface area (Å²) >= 11 is 0. The Balaban J connectivity index is 2.07. The smallest absolute Gasteiger partial charge is 0.237 e. The Morgan fingerprint density at radius 3 is 2.55 bits per heavy atom. The van der Waals surface area contributed by atoms with Gasteiger partial charge in [-0.25, -0.2) is 0 Å². The van der Waals surface area contributed by atoms with Gasteiger partial charge in [0.25, 0.3) is 0 Å². The summed E-state index contributed by atoms with van der Waals surface area (Å²) in [6.45, 7) is 11.9. The lowest BCUT2D eigenvalue weighted by Gasteiger charge is -2.45. The van der Waals surface area contributed by atoms with Crippen molar-refractivity contribution < 1.29 is 4.79 Å². The molecule has 2 rings (SSSR count). The Morgan fingerprint density at radius 2 is 1.95 bits per heavy atom. The zero-order valence-electron chi connectivity index (χ0n) is 13.3. The summed E-state index contributed by atoms with van der Waals surface area (Å²) in [7, 11) is 0. The summed E-state index contributed by atoms with van der Waals surface area (Å²) in [4.78, 5) is 14.9. The van der Waals surface area contributed by atoms with E-state index in [2.05, 4.69) is 37.6 Å². The van der Waals surface area contributed by atoms with Crippen LogP contribution in [0.15, 0.2) is 12.7 Å². The minimum Gasteiger partial charge on any atom is -0.350 e. The van der Waals surface area contributed by atoms with Crippen LogP contribution in [0.5, 0.6) is 0 Å². The van der Waals surface area contributed by atoms with Gasteiger partial charge in [0.15, 0.2) is 0 Å². The highest BCUT2D eigenvalue weighted by molar-refractivity contribution is 5.82. The zero-order valence-corrected chi connectivity index (χ0v) is 13.3. The van der Waals surface area contributed by atoms with Crippen molar-refractivity contribution in [2.75, 3.05) is 13.1 Å². The molecular weight excluding hydrogens is 248 g/mol. The molecule has 0 aromatic heterocycles. The van der Waals surface area contributed by atoms with Crippen LogP contribution in [-0.2, 0) is 4.79 Å². The van der Waals surface area contributed by atoms with E-state index < -0.39 is 0 Å². The summed E-state index contributed by atoms with van der Waals surface area (Å²) in [5, 5.41) is 3.16. The Bertz CT molecular complexity index is 358. The fraction of sp³-hybridized carbons (Fsp3) is 0.824. The largest absolute Gasteiger partial charge is 0.350 e. The van der Waals surface area contributed by atoms with Gasteiger partial charge in [-0.05, 0) is 45.4 Å². The van der Waals surface area contributed by atoms with Crippen molar-refractivity contribution in [3.8, 4) is 0 Å². The number of likely N-dealkylation sites (tertiary alicyclic amines) is 1. The summed E-state index contributed by atoms with van der Waals surface area (Å²) in [6.07, 6.45) is 8.32. The second kappa shape index (κ2) is 6.30. The van der Waals surface area contributed by atoms with E-state index in [9.17, 15) is 4.79 Å². The number of fused-ring (bicyclic) bond motifs is 1. The number of hydrogen-bond acceptors (Lipinski definition) is 2. The topological polar surface area (TPSA) is 32.3 Å². The third kappa shape index (κ3) is 3.85. The maximum Gasteiger partial charge on any atom is 0.237 e. The van der Waals surface area contributed by atoms with Crippen molar-refractivity contribution in [1.29, 1.82) is 0 Å².